The first kappa shape index (κ1) is 16.4. The molecule has 1 saturated heterocycles. The van der Waals surface area contributed by atoms with E-state index in [1.165, 1.54) is 12.8 Å². The van der Waals surface area contributed by atoms with Gasteiger partial charge in [0.15, 0.2) is 5.60 Å². The third-order valence-corrected chi connectivity index (χ3v) is 5.00. The van der Waals surface area contributed by atoms with E-state index in [1.807, 2.05) is 10.9 Å². The van der Waals surface area contributed by atoms with E-state index in [1.54, 1.807) is 43.0 Å². The van der Waals surface area contributed by atoms with Crippen LogP contribution in [0.15, 0.2) is 30.5 Å². The number of carbonyl (C=O) groups excluding carboxylic acids is 1. The molecule has 1 aliphatic carbocycles. The highest BCUT2D eigenvalue weighted by Gasteiger charge is 2.41. The number of hydrogen-bond acceptors (Lipinski definition) is 4. The smallest absolute Gasteiger partial charge is 0.266 e. The number of aromatic nitrogens is 3. The van der Waals surface area contributed by atoms with Crippen LogP contribution in [-0.4, -0.2) is 44.5 Å². The van der Waals surface area contributed by atoms with Gasteiger partial charge in [0.25, 0.3) is 5.91 Å². The van der Waals surface area contributed by atoms with Gasteiger partial charge in [-0.2, -0.15) is 0 Å². The molecule has 1 amide bonds. The number of amides is 1. The highest BCUT2D eigenvalue weighted by molar-refractivity contribution is 6.30. The van der Waals surface area contributed by atoms with E-state index in [9.17, 15) is 4.79 Å². The van der Waals surface area contributed by atoms with Crippen molar-refractivity contribution in [1.82, 2.24) is 19.9 Å². The molecule has 2 fully saturated rings. The Balaban J connectivity index is 1.35. The average molecular weight is 361 g/mol. The topological polar surface area (TPSA) is 60.2 Å². The summed E-state index contributed by atoms with van der Waals surface area (Å²) in [6.07, 6.45) is 4.45. The first-order valence-corrected chi connectivity index (χ1v) is 8.96. The van der Waals surface area contributed by atoms with E-state index in [4.69, 9.17) is 16.3 Å². The third-order valence-electron chi connectivity index (χ3n) is 4.75. The Bertz CT molecular complexity index is 777. The van der Waals surface area contributed by atoms with Gasteiger partial charge in [0.1, 0.15) is 5.75 Å². The van der Waals surface area contributed by atoms with Crippen molar-refractivity contribution >= 4 is 17.5 Å². The second kappa shape index (κ2) is 6.02. The molecule has 2 aliphatic rings. The van der Waals surface area contributed by atoms with Crippen LogP contribution in [0.2, 0.25) is 5.02 Å². The summed E-state index contributed by atoms with van der Waals surface area (Å²) in [5.74, 6) is 1.20. The van der Waals surface area contributed by atoms with Gasteiger partial charge in [-0.15, -0.1) is 5.10 Å². The van der Waals surface area contributed by atoms with Crippen LogP contribution >= 0.6 is 11.6 Å². The van der Waals surface area contributed by atoms with Crippen molar-refractivity contribution in [2.24, 2.45) is 0 Å². The molecule has 0 bridgehead atoms. The standard InChI is InChI=1S/C18H21ClN4O2/c1-18(2,25-15-7-5-13(19)6-8-15)17(24)22-9-14(10-22)23-11-16(20-21-23)12-3-4-12/h5-8,11-12,14H,3-4,9-10H2,1-2H3. The maximum absolute atomic E-state index is 12.7. The minimum atomic E-state index is -0.930. The number of ether oxygens (including phenoxy) is 1. The van der Waals surface area contributed by atoms with Crippen LogP contribution < -0.4 is 4.74 Å². The number of hydrogen-bond donors (Lipinski definition) is 0. The van der Waals surface area contributed by atoms with Crippen LogP contribution in [0.5, 0.6) is 5.75 Å². The SMILES string of the molecule is CC(C)(Oc1ccc(Cl)cc1)C(=O)N1CC(n2cc(C3CC3)nn2)C1. The maximum atomic E-state index is 12.7. The minimum absolute atomic E-state index is 0.0266. The van der Waals surface area contributed by atoms with Crippen molar-refractivity contribution in [3.8, 4) is 5.75 Å². The van der Waals surface area contributed by atoms with Crippen LogP contribution in [0.3, 0.4) is 0 Å². The zero-order valence-corrected chi connectivity index (χ0v) is 15.1. The molecule has 1 saturated carbocycles. The number of carbonyl (C=O) groups is 1. The van der Waals surface area contributed by atoms with E-state index in [2.05, 4.69) is 10.3 Å². The Labute approximate surface area is 151 Å². The molecular weight excluding hydrogens is 340 g/mol. The maximum Gasteiger partial charge on any atom is 0.266 e. The van der Waals surface area contributed by atoms with Gasteiger partial charge in [0, 0.05) is 30.2 Å². The first-order valence-electron chi connectivity index (χ1n) is 8.58. The Kier molecular flexibility index (Phi) is 3.95. The third kappa shape index (κ3) is 3.35. The molecule has 0 atom stereocenters. The molecule has 1 aromatic carbocycles. The Hall–Kier alpha value is -2.08. The highest BCUT2D eigenvalue weighted by atomic mass is 35.5. The Morgan fingerprint density at radius 3 is 2.56 bits per heavy atom. The van der Waals surface area contributed by atoms with Crippen LogP contribution in [0.25, 0.3) is 0 Å². The molecule has 25 heavy (non-hydrogen) atoms. The van der Waals surface area contributed by atoms with Crippen LogP contribution in [0.1, 0.15) is 44.3 Å². The Morgan fingerprint density at radius 1 is 1.24 bits per heavy atom. The zero-order valence-electron chi connectivity index (χ0n) is 14.4. The van der Waals surface area contributed by atoms with E-state index >= 15 is 0 Å². The summed E-state index contributed by atoms with van der Waals surface area (Å²) in [4.78, 5) is 14.6. The molecule has 0 spiro atoms. The van der Waals surface area contributed by atoms with Gasteiger partial charge in [-0.3, -0.25) is 4.79 Å². The summed E-state index contributed by atoms with van der Waals surface area (Å²) < 4.78 is 7.77. The van der Waals surface area contributed by atoms with Gasteiger partial charge in [0.05, 0.1) is 11.7 Å². The second-order valence-corrected chi connectivity index (χ2v) is 7.76. The normalized spacial score (nSPS) is 18.1. The lowest BCUT2D eigenvalue weighted by Crippen LogP contribution is -2.58. The van der Waals surface area contributed by atoms with Crippen molar-refractivity contribution in [3.63, 3.8) is 0 Å². The lowest BCUT2D eigenvalue weighted by atomic mass is 10.0. The number of likely N-dealkylation sites (tertiary alicyclic amines) is 1. The fourth-order valence-corrected chi connectivity index (χ4v) is 3.17. The van der Waals surface area contributed by atoms with Gasteiger partial charge in [0.2, 0.25) is 0 Å². The summed E-state index contributed by atoms with van der Waals surface area (Å²) in [6.45, 7) is 4.86. The van der Waals surface area contributed by atoms with Crippen molar-refractivity contribution in [2.45, 2.75) is 44.2 Å². The van der Waals surface area contributed by atoms with E-state index in [-0.39, 0.29) is 11.9 Å². The minimum Gasteiger partial charge on any atom is -0.478 e. The molecule has 0 N–H and O–H groups in total. The summed E-state index contributed by atoms with van der Waals surface area (Å²) >= 11 is 5.88. The molecule has 4 rings (SSSR count). The lowest BCUT2D eigenvalue weighted by Gasteiger charge is -2.42. The number of benzene rings is 1. The summed E-state index contributed by atoms with van der Waals surface area (Å²) in [5, 5.41) is 9.09. The van der Waals surface area contributed by atoms with Gasteiger partial charge in [-0.05, 0) is 51.0 Å². The van der Waals surface area contributed by atoms with Crippen LogP contribution in [0.4, 0.5) is 0 Å². The fraction of sp³-hybridized carbons (Fsp3) is 0.500. The van der Waals surface area contributed by atoms with Crippen molar-refractivity contribution in [2.75, 3.05) is 13.1 Å². The highest BCUT2D eigenvalue weighted by Crippen LogP contribution is 2.39. The van der Waals surface area contributed by atoms with Gasteiger partial charge < -0.3 is 9.64 Å². The molecule has 1 aromatic heterocycles. The molecule has 1 aliphatic heterocycles. The molecule has 0 radical (unpaired) electrons. The predicted molar refractivity (Wildman–Crippen MR) is 93.8 cm³/mol. The zero-order chi connectivity index (χ0) is 17.6. The second-order valence-electron chi connectivity index (χ2n) is 7.33. The van der Waals surface area contributed by atoms with Gasteiger partial charge in [-0.1, -0.05) is 16.8 Å². The number of rotatable bonds is 5. The average Bonchev–Trinajstić information content (AvgIpc) is 3.27. The monoisotopic (exact) mass is 360 g/mol. The lowest BCUT2D eigenvalue weighted by molar-refractivity contribution is -0.151. The van der Waals surface area contributed by atoms with Crippen molar-refractivity contribution in [1.29, 1.82) is 0 Å². The quantitative estimate of drug-likeness (QED) is 0.822. The van der Waals surface area contributed by atoms with Gasteiger partial charge in [-0.25, -0.2) is 4.68 Å². The largest absolute Gasteiger partial charge is 0.478 e. The van der Waals surface area contributed by atoms with Crippen molar-refractivity contribution in [3.05, 3.63) is 41.2 Å². The molecular formula is C18H21ClN4O2. The molecule has 2 heterocycles. The molecule has 6 nitrogen and oxygen atoms in total. The molecule has 0 unspecified atom stereocenters. The summed E-state index contributed by atoms with van der Waals surface area (Å²) in [7, 11) is 0. The van der Waals surface area contributed by atoms with E-state index in [0.29, 0.717) is 29.8 Å². The molecule has 7 heteroatoms. The predicted octanol–water partition coefficient (Wildman–Crippen LogP) is 3.05. The van der Waals surface area contributed by atoms with E-state index < -0.39 is 5.60 Å². The number of halogens is 1. The first-order chi connectivity index (χ1) is 11.9. The molecule has 2 aromatic rings. The van der Waals surface area contributed by atoms with E-state index in [0.717, 1.165) is 5.69 Å². The number of nitrogens with zero attached hydrogens (tertiary/aromatic N) is 4. The Morgan fingerprint density at radius 2 is 1.92 bits per heavy atom. The fourth-order valence-electron chi connectivity index (χ4n) is 3.05. The van der Waals surface area contributed by atoms with Gasteiger partial charge >= 0.3 is 0 Å². The molecule has 132 valence electrons. The van der Waals surface area contributed by atoms with Crippen LogP contribution in [0, 0.1) is 0 Å². The summed E-state index contributed by atoms with van der Waals surface area (Å²) in [5.41, 5.74) is 0.150. The van der Waals surface area contributed by atoms with Crippen LogP contribution in [-0.2, 0) is 4.79 Å². The summed E-state index contributed by atoms with van der Waals surface area (Å²) in [6, 6.07) is 7.24. The van der Waals surface area contributed by atoms with Crippen molar-refractivity contribution < 1.29 is 9.53 Å².